The maximum absolute atomic E-state index is 13.4. The summed E-state index contributed by atoms with van der Waals surface area (Å²) >= 11 is 0. The van der Waals surface area contributed by atoms with Crippen LogP contribution >= 0.6 is 0 Å². The minimum Gasteiger partial charge on any atom is -0.504 e. The van der Waals surface area contributed by atoms with Gasteiger partial charge in [0.15, 0.2) is 23.0 Å². The van der Waals surface area contributed by atoms with E-state index in [1.807, 2.05) is 18.2 Å². The lowest BCUT2D eigenvalue weighted by Crippen LogP contribution is -2.51. The average Bonchev–Trinajstić information content (AvgIpc) is 3.42. The van der Waals surface area contributed by atoms with Crippen molar-refractivity contribution in [2.75, 3.05) is 19.8 Å². The van der Waals surface area contributed by atoms with Crippen LogP contribution in [0.25, 0.3) is 0 Å². The average molecular weight is 683 g/mol. The van der Waals surface area contributed by atoms with Gasteiger partial charge in [0.1, 0.15) is 18.6 Å². The predicted octanol–water partition coefficient (Wildman–Crippen LogP) is 5.97. The van der Waals surface area contributed by atoms with E-state index in [0.29, 0.717) is 12.2 Å². The SMILES string of the molecule is NCOc1cc(CCC(=O)C[C@H](O)[C@@H]2C=C[C@@H]3C[C@@H](Cc4ccccc4)[C@@H]2c2cc(O)c(O)c(O[C@H]4CCNCC45CCCC5)c23)ccc1O. The third kappa shape index (κ3) is 6.83. The second kappa shape index (κ2) is 14.7. The highest BCUT2D eigenvalue weighted by atomic mass is 16.5. The third-order valence-electron chi connectivity index (χ3n) is 11.9. The van der Waals surface area contributed by atoms with Crippen LogP contribution in [0.4, 0.5) is 0 Å². The van der Waals surface area contributed by atoms with Gasteiger partial charge in [-0.1, -0.05) is 61.4 Å². The van der Waals surface area contributed by atoms with Crippen LogP contribution in [0, 0.1) is 17.3 Å². The fourth-order valence-corrected chi connectivity index (χ4v) is 9.43. The van der Waals surface area contributed by atoms with E-state index in [1.165, 1.54) is 11.6 Å². The summed E-state index contributed by atoms with van der Waals surface area (Å²) < 4.78 is 12.2. The Balaban J connectivity index is 1.18. The Bertz CT molecular complexity index is 1700. The van der Waals surface area contributed by atoms with Gasteiger partial charge in [0.2, 0.25) is 5.75 Å². The number of ketones is 1. The highest BCUT2D eigenvalue weighted by Crippen LogP contribution is 2.59. The van der Waals surface area contributed by atoms with Gasteiger partial charge in [0.25, 0.3) is 0 Å². The van der Waals surface area contributed by atoms with Gasteiger partial charge < -0.3 is 35.2 Å². The first kappa shape index (κ1) is 34.4. The molecule has 8 rings (SSSR count). The molecule has 0 aromatic heterocycles. The molecule has 1 aliphatic heterocycles. The van der Waals surface area contributed by atoms with Crippen LogP contribution in [0.1, 0.15) is 85.5 Å². The van der Waals surface area contributed by atoms with Crippen molar-refractivity contribution in [3.63, 3.8) is 0 Å². The van der Waals surface area contributed by atoms with Gasteiger partial charge in [0.05, 0.1) is 6.10 Å². The first-order chi connectivity index (χ1) is 24.3. The summed E-state index contributed by atoms with van der Waals surface area (Å²) in [5.74, 6) is -0.391. The monoisotopic (exact) mass is 682 g/mol. The van der Waals surface area contributed by atoms with Crippen molar-refractivity contribution in [3.05, 3.63) is 89.0 Å². The number of piperidine rings is 1. The Morgan fingerprint density at radius 2 is 1.80 bits per heavy atom. The molecule has 7 N–H and O–H groups in total. The molecule has 1 spiro atoms. The smallest absolute Gasteiger partial charge is 0.200 e. The minimum absolute atomic E-state index is 0.0106. The largest absolute Gasteiger partial charge is 0.504 e. The maximum Gasteiger partial charge on any atom is 0.200 e. The number of phenolic OH excluding ortho intramolecular Hbond substituents is 3. The molecule has 2 fully saturated rings. The van der Waals surface area contributed by atoms with Crippen LogP contribution in [0.15, 0.2) is 66.7 Å². The number of Topliss-reactive ketones (excluding diaryl/α,β-unsaturated/α-hetero) is 1. The Morgan fingerprint density at radius 3 is 2.58 bits per heavy atom. The lowest BCUT2D eigenvalue weighted by Gasteiger charge is -2.44. The lowest BCUT2D eigenvalue weighted by atomic mass is 9.65. The fourth-order valence-electron chi connectivity index (χ4n) is 9.43. The number of aryl methyl sites for hydroxylation is 1. The van der Waals surface area contributed by atoms with E-state index in [2.05, 4.69) is 29.6 Å². The molecule has 9 heteroatoms. The number of carbonyl (C=O) groups excluding carboxylic acids is 1. The molecule has 2 bridgehead atoms. The fraction of sp³-hybridized carbons (Fsp3) is 0.488. The van der Waals surface area contributed by atoms with E-state index in [-0.39, 0.29) is 83.5 Å². The van der Waals surface area contributed by atoms with Crippen LogP contribution in [0.2, 0.25) is 0 Å². The summed E-state index contributed by atoms with van der Waals surface area (Å²) in [6.45, 7) is 1.66. The number of nitrogens with two attached hydrogens (primary N) is 1. The summed E-state index contributed by atoms with van der Waals surface area (Å²) in [6.07, 6.45) is 10.7. The zero-order valence-corrected chi connectivity index (χ0v) is 28.6. The van der Waals surface area contributed by atoms with Gasteiger partial charge >= 0.3 is 0 Å². The number of allylic oxidation sites excluding steroid dienone is 1. The number of fused-ring (bicyclic) bond motifs is 2. The van der Waals surface area contributed by atoms with Crippen molar-refractivity contribution >= 4 is 5.78 Å². The van der Waals surface area contributed by atoms with Gasteiger partial charge in [-0.2, -0.15) is 0 Å². The Hall–Kier alpha value is -4.05. The second-order valence-electron chi connectivity index (χ2n) is 14.9. The molecule has 3 aromatic carbocycles. The molecule has 1 saturated heterocycles. The molecule has 5 aliphatic rings. The van der Waals surface area contributed by atoms with Crippen molar-refractivity contribution in [2.45, 2.75) is 88.3 Å². The standard InChI is InChI=1S/C41H50N2O7/c42-24-49-35-19-26(9-13-32(35)45)8-11-29(44)21-33(46)30-12-10-27-20-28(18-25-6-2-1-3-7-25)37(30)31-22-34(47)39(48)40(38(27)31)50-36-14-17-43-23-41(36)15-4-5-16-41/h1-3,6-7,9-10,12-13,19,22,27-28,30,33,36-37,43,45-48H,4-5,8,11,14-18,20-21,23-24,42H2/t27-,28-,30+,33+,36+,37+/m1/s1. The van der Waals surface area contributed by atoms with Crippen molar-refractivity contribution in [2.24, 2.45) is 23.0 Å². The molecule has 6 atom stereocenters. The number of aliphatic hydroxyl groups excluding tert-OH is 1. The Labute approximate surface area is 294 Å². The molecule has 3 aromatic rings. The summed E-state index contributed by atoms with van der Waals surface area (Å²) in [5.41, 5.74) is 9.31. The first-order valence-corrected chi connectivity index (χ1v) is 18.3. The zero-order valence-electron chi connectivity index (χ0n) is 28.6. The number of ether oxygens (including phenoxy) is 2. The molecule has 0 unspecified atom stereocenters. The van der Waals surface area contributed by atoms with E-state index >= 15 is 0 Å². The van der Waals surface area contributed by atoms with E-state index in [9.17, 15) is 25.2 Å². The quantitative estimate of drug-likeness (QED) is 0.0771. The Morgan fingerprint density at radius 1 is 1.00 bits per heavy atom. The van der Waals surface area contributed by atoms with Crippen LogP contribution < -0.4 is 20.5 Å². The predicted molar refractivity (Wildman–Crippen MR) is 191 cm³/mol. The summed E-state index contributed by atoms with van der Waals surface area (Å²) in [5, 5.41) is 48.1. The highest BCUT2D eigenvalue weighted by Gasteiger charge is 2.48. The zero-order chi connectivity index (χ0) is 34.8. The molecule has 0 amide bonds. The second-order valence-corrected chi connectivity index (χ2v) is 14.9. The van der Waals surface area contributed by atoms with E-state index < -0.39 is 6.10 Å². The van der Waals surface area contributed by atoms with Crippen LogP contribution in [-0.2, 0) is 17.6 Å². The topological polar surface area (TPSA) is 154 Å². The van der Waals surface area contributed by atoms with Crippen molar-refractivity contribution in [3.8, 4) is 28.7 Å². The van der Waals surface area contributed by atoms with Gasteiger partial charge in [-0.05, 0) is 91.8 Å². The number of carbonyl (C=O) groups is 1. The summed E-state index contributed by atoms with van der Waals surface area (Å²) in [6, 6.07) is 17.0. The first-order valence-electron chi connectivity index (χ1n) is 18.3. The van der Waals surface area contributed by atoms with Gasteiger partial charge in [-0.3, -0.25) is 10.5 Å². The number of benzene rings is 3. The number of nitrogens with one attached hydrogen (secondary N) is 1. The molecule has 50 heavy (non-hydrogen) atoms. The van der Waals surface area contributed by atoms with Crippen LogP contribution in [0.3, 0.4) is 0 Å². The van der Waals surface area contributed by atoms with Crippen molar-refractivity contribution in [1.29, 1.82) is 0 Å². The summed E-state index contributed by atoms with van der Waals surface area (Å²) in [4.78, 5) is 13.4. The molecular formula is C41H50N2O7. The van der Waals surface area contributed by atoms with Crippen molar-refractivity contribution in [1.82, 2.24) is 5.32 Å². The molecule has 9 nitrogen and oxygen atoms in total. The molecule has 4 aliphatic carbocycles. The normalized spacial score (nSPS) is 25.6. The third-order valence-corrected chi connectivity index (χ3v) is 11.9. The van der Waals surface area contributed by atoms with Gasteiger partial charge in [-0.15, -0.1) is 0 Å². The van der Waals surface area contributed by atoms with E-state index in [4.69, 9.17) is 15.2 Å². The number of hydrogen-bond donors (Lipinski definition) is 6. The van der Waals surface area contributed by atoms with Crippen LogP contribution in [-0.4, -0.2) is 58.2 Å². The van der Waals surface area contributed by atoms with Gasteiger partial charge in [-0.25, -0.2) is 0 Å². The Kier molecular flexibility index (Phi) is 10.1. The molecule has 1 saturated carbocycles. The summed E-state index contributed by atoms with van der Waals surface area (Å²) in [7, 11) is 0. The molecule has 266 valence electrons. The number of aliphatic hydroxyl groups is 1. The molecular weight excluding hydrogens is 632 g/mol. The number of hydrogen-bond acceptors (Lipinski definition) is 9. The van der Waals surface area contributed by atoms with Crippen molar-refractivity contribution < 1.29 is 34.7 Å². The number of phenols is 3. The van der Waals surface area contributed by atoms with E-state index in [1.54, 1.807) is 18.2 Å². The maximum atomic E-state index is 13.4. The molecule has 1 heterocycles. The number of rotatable bonds is 12. The minimum atomic E-state index is -0.950. The molecule has 0 radical (unpaired) electrons. The van der Waals surface area contributed by atoms with Gasteiger partial charge in [0, 0.05) is 42.2 Å². The lowest BCUT2D eigenvalue weighted by molar-refractivity contribution is -0.121. The number of aromatic hydroxyl groups is 3. The van der Waals surface area contributed by atoms with Crippen LogP contribution in [0.5, 0.6) is 28.7 Å². The highest BCUT2D eigenvalue weighted by molar-refractivity contribution is 5.79. The van der Waals surface area contributed by atoms with E-state index in [0.717, 1.165) is 74.7 Å².